The third kappa shape index (κ3) is 5.34. The van der Waals surface area contributed by atoms with Crippen LogP contribution in [0, 0.1) is 0 Å². The van der Waals surface area contributed by atoms with Gasteiger partial charge >= 0.3 is 0 Å². The van der Waals surface area contributed by atoms with Crippen molar-refractivity contribution in [3.8, 4) is 33.3 Å². The molecule has 0 N–H and O–H groups in total. The molecule has 3 aromatic carbocycles. The number of carbonyl (C=O) groups is 1. The molecular weight excluding hydrogens is 480 g/mol. The number of thiazole rings is 1. The number of unbranched alkanes of at least 4 members (excludes halogenated alkanes) is 1. The van der Waals surface area contributed by atoms with E-state index >= 15 is 0 Å². The molecule has 1 unspecified atom stereocenters. The third-order valence-electron chi connectivity index (χ3n) is 5.85. The minimum atomic E-state index is -0.511. The molecule has 2 heterocycles. The second-order valence-corrected chi connectivity index (χ2v) is 9.64. The van der Waals surface area contributed by atoms with Crippen LogP contribution in [-0.4, -0.2) is 30.1 Å². The predicted octanol–water partition coefficient (Wildman–Crippen LogP) is 7.10. The first-order valence-electron chi connectivity index (χ1n) is 11.6. The van der Waals surface area contributed by atoms with Crippen molar-refractivity contribution in [2.75, 3.05) is 18.1 Å². The fourth-order valence-corrected chi connectivity index (χ4v) is 4.97. The average Bonchev–Trinajstić information content (AvgIpc) is 3.38. The van der Waals surface area contributed by atoms with E-state index in [1.165, 1.54) is 0 Å². The third-order valence-corrected chi connectivity index (χ3v) is 6.99. The Balaban J connectivity index is 1.28. The zero-order chi connectivity index (χ0) is 24.2. The van der Waals surface area contributed by atoms with Crippen LogP contribution in [0.4, 0.5) is 5.69 Å². The van der Waals surface area contributed by atoms with Crippen molar-refractivity contribution in [3.05, 3.63) is 83.2 Å². The highest BCUT2D eigenvalue weighted by atomic mass is 35.5. The molecule has 0 saturated carbocycles. The Hall–Kier alpha value is -3.35. The Labute approximate surface area is 213 Å². The maximum absolute atomic E-state index is 13.0. The maximum Gasteiger partial charge on any atom is 0.267 e. The summed E-state index contributed by atoms with van der Waals surface area (Å²) < 4.78 is 11.7. The van der Waals surface area contributed by atoms with E-state index in [1.54, 1.807) is 18.3 Å². The number of amides is 1. The van der Waals surface area contributed by atoms with Crippen molar-refractivity contribution >= 4 is 34.5 Å². The number of aromatic nitrogens is 1. The van der Waals surface area contributed by atoms with E-state index in [-0.39, 0.29) is 5.91 Å². The first kappa shape index (κ1) is 23.4. The zero-order valence-electron chi connectivity index (χ0n) is 19.3. The number of hydrogen-bond donors (Lipinski definition) is 0. The molecule has 0 aliphatic carbocycles. The number of halogens is 1. The molecule has 4 aromatic rings. The van der Waals surface area contributed by atoms with Gasteiger partial charge in [0.25, 0.3) is 5.91 Å². The van der Waals surface area contributed by atoms with Crippen LogP contribution in [0.1, 0.15) is 19.8 Å². The Morgan fingerprint density at radius 1 is 1.03 bits per heavy atom. The van der Waals surface area contributed by atoms with Gasteiger partial charge in [-0.05, 0) is 62.2 Å². The monoisotopic (exact) mass is 504 g/mol. The molecule has 5 rings (SSSR count). The van der Waals surface area contributed by atoms with Crippen molar-refractivity contribution in [2.24, 2.45) is 0 Å². The lowest BCUT2D eigenvalue weighted by Gasteiger charge is -2.33. The first-order valence-corrected chi connectivity index (χ1v) is 12.9. The molecule has 1 amide bonds. The Morgan fingerprint density at radius 2 is 1.83 bits per heavy atom. The van der Waals surface area contributed by atoms with Crippen LogP contribution in [-0.2, 0) is 4.79 Å². The number of hydrogen-bond acceptors (Lipinski definition) is 5. The Morgan fingerprint density at radius 3 is 2.63 bits per heavy atom. The summed E-state index contributed by atoms with van der Waals surface area (Å²) in [6.45, 7) is 2.96. The second-order valence-electron chi connectivity index (χ2n) is 8.35. The van der Waals surface area contributed by atoms with Gasteiger partial charge in [-0.2, -0.15) is 0 Å². The molecule has 0 spiro atoms. The highest BCUT2D eigenvalue weighted by Crippen LogP contribution is 2.38. The van der Waals surface area contributed by atoms with Gasteiger partial charge in [0.2, 0.25) is 0 Å². The molecule has 1 aliphatic rings. The molecule has 0 saturated heterocycles. The molecule has 35 heavy (non-hydrogen) atoms. The van der Waals surface area contributed by atoms with Crippen LogP contribution in [0.5, 0.6) is 11.5 Å². The maximum atomic E-state index is 13.0. The highest BCUT2D eigenvalue weighted by molar-refractivity contribution is 7.13. The number of fused-ring (bicyclic) bond motifs is 1. The topological polar surface area (TPSA) is 51.7 Å². The highest BCUT2D eigenvalue weighted by Gasteiger charge is 2.31. The number of carbonyl (C=O) groups excluding carboxylic acids is 1. The summed E-state index contributed by atoms with van der Waals surface area (Å²) in [7, 11) is 0. The van der Waals surface area contributed by atoms with Gasteiger partial charge in [0.05, 0.1) is 18.0 Å². The number of ether oxygens (including phenoxy) is 2. The lowest BCUT2D eigenvalue weighted by molar-refractivity contribution is -0.125. The van der Waals surface area contributed by atoms with Crippen LogP contribution in [0.15, 0.2) is 78.2 Å². The van der Waals surface area contributed by atoms with E-state index in [2.05, 4.69) is 17.5 Å². The molecule has 0 bridgehead atoms. The fourth-order valence-electron chi connectivity index (χ4n) is 4.01. The number of benzene rings is 3. The Kier molecular flexibility index (Phi) is 7.02. The van der Waals surface area contributed by atoms with Crippen molar-refractivity contribution in [2.45, 2.75) is 25.9 Å². The van der Waals surface area contributed by atoms with Crippen LogP contribution in [0.2, 0.25) is 5.02 Å². The van der Waals surface area contributed by atoms with Gasteiger partial charge in [-0.3, -0.25) is 4.79 Å². The van der Waals surface area contributed by atoms with Crippen LogP contribution >= 0.6 is 22.9 Å². The van der Waals surface area contributed by atoms with Crippen molar-refractivity contribution in [3.63, 3.8) is 0 Å². The van der Waals surface area contributed by atoms with Gasteiger partial charge in [0.1, 0.15) is 16.5 Å². The SMILES string of the molecule is CC1Oc2ccc(-c3csc(-c4ccccc4)n3)cc2N(CCCCOc2ccc(Cl)cc2)C1=O. The molecule has 0 radical (unpaired) electrons. The molecule has 7 heteroatoms. The smallest absolute Gasteiger partial charge is 0.267 e. The van der Waals surface area contributed by atoms with Gasteiger partial charge in [-0.1, -0.05) is 41.9 Å². The summed E-state index contributed by atoms with van der Waals surface area (Å²) in [5.41, 5.74) is 3.73. The summed E-state index contributed by atoms with van der Waals surface area (Å²) in [6.07, 6.45) is 1.12. The normalized spacial score (nSPS) is 15.0. The molecule has 1 aromatic heterocycles. The van der Waals surface area contributed by atoms with Gasteiger partial charge < -0.3 is 14.4 Å². The van der Waals surface area contributed by atoms with E-state index < -0.39 is 6.10 Å². The molecular formula is C28H25ClN2O3S. The second kappa shape index (κ2) is 10.5. The van der Waals surface area contributed by atoms with E-state index in [0.29, 0.717) is 18.2 Å². The number of rotatable bonds is 8. The molecule has 5 nitrogen and oxygen atoms in total. The number of anilines is 1. The quantitative estimate of drug-likeness (QED) is 0.240. The summed E-state index contributed by atoms with van der Waals surface area (Å²) in [5, 5.41) is 3.71. The van der Waals surface area contributed by atoms with Gasteiger partial charge in [-0.25, -0.2) is 4.98 Å². The first-order chi connectivity index (χ1) is 17.1. The minimum absolute atomic E-state index is 0.0310. The predicted molar refractivity (Wildman–Crippen MR) is 142 cm³/mol. The van der Waals surface area contributed by atoms with Crippen molar-refractivity contribution < 1.29 is 14.3 Å². The molecule has 1 atom stereocenters. The zero-order valence-corrected chi connectivity index (χ0v) is 20.9. The van der Waals surface area contributed by atoms with Gasteiger partial charge in [0, 0.05) is 28.1 Å². The fraction of sp³-hybridized carbons (Fsp3) is 0.214. The van der Waals surface area contributed by atoms with Crippen LogP contribution in [0.25, 0.3) is 21.8 Å². The number of nitrogens with zero attached hydrogens (tertiary/aromatic N) is 2. The Bertz CT molecular complexity index is 1310. The lowest BCUT2D eigenvalue weighted by Crippen LogP contribution is -2.45. The summed E-state index contributed by atoms with van der Waals surface area (Å²) in [6, 6.07) is 23.4. The van der Waals surface area contributed by atoms with E-state index in [1.807, 2.05) is 65.6 Å². The molecule has 0 fully saturated rings. The van der Waals surface area contributed by atoms with E-state index in [0.717, 1.165) is 51.9 Å². The standard InChI is InChI=1S/C28H25ClN2O3S/c1-19-28(32)31(15-5-6-16-33-23-12-10-22(29)11-13-23)25-17-21(9-14-26(25)34-19)24-18-35-27(30-24)20-7-3-2-4-8-20/h2-4,7-14,17-19H,5-6,15-16H2,1H3. The summed E-state index contributed by atoms with van der Waals surface area (Å²) >= 11 is 7.53. The lowest BCUT2D eigenvalue weighted by atomic mass is 10.1. The van der Waals surface area contributed by atoms with E-state index in [9.17, 15) is 4.79 Å². The molecule has 178 valence electrons. The molecule has 1 aliphatic heterocycles. The average molecular weight is 505 g/mol. The van der Waals surface area contributed by atoms with Crippen molar-refractivity contribution in [1.82, 2.24) is 4.98 Å². The largest absolute Gasteiger partial charge is 0.494 e. The van der Waals surface area contributed by atoms with Crippen LogP contribution in [0.3, 0.4) is 0 Å². The van der Waals surface area contributed by atoms with Crippen molar-refractivity contribution in [1.29, 1.82) is 0 Å². The van der Waals surface area contributed by atoms with Crippen LogP contribution < -0.4 is 14.4 Å². The minimum Gasteiger partial charge on any atom is -0.494 e. The summed E-state index contributed by atoms with van der Waals surface area (Å²) in [5.74, 6) is 1.48. The van der Waals surface area contributed by atoms with E-state index in [4.69, 9.17) is 26.1 Å². The van der Waals surface area contributed by atoms with Gasteiger partial charge in [-0.15, -0.1) is 11.3 Å². The summed E-state index contributed by atoms with van der Waals surface area (Å²) in [4.78, 5) is 19.6. The van der Waals surface area contributed by atoms with Gasteiger partial charge in [0.15, 0.2) is 6.10 Å².